The summed E-state index contributed by atoms with van der Waals surface area (Å²) < 4.78 is 4.53. The second-order valence-corrected chi connectivity index (χ2v) is 3.54. The van der Waals surface area contributed by atoms with E-state index in [0.29, 0.717) is 12.3 Å². The number of hydrogen-bond acceptors (Lipinski definition) is 3. The van der Waals surface area contributed by atoms with Crippen LogP contribution in [-0.4, -0.2) is 18.9 Å². The monoisotopic (exact) mass is 182 g/mol. The highest BCUT2D eigenvalue weighted by Gasteiger charge is 2.18. The molecule has 0 aromatic rings. The quantitative estimate of drug-likeness (QED) is 0.607. The average Bonchev–Trinajstić information content (AvgIpc) is 2.02. The van der Waals surface area contributed by atoms with Crippen LogP contribution in [0, 0.1) is 5.92 Å². The highest BCUT2D eigenvalue weighted by atomic mass is 16.5. The third-order valence-corrected chi connectivity index (χ3v) is 2.12. The van der Waals surface area contributed by atoms with Crippen LogP contribution in [-0.2, 0) is 14.3 Å². The minimum absolute atomic E-state index is 0.123. The number of esters is 1. The Hall–Kier alpha value is -1.12. The zero-order chi connectivity index (χ0) is 9.84. The topological polar surface area (TPSA) is 43.4 Å². The summed E-state index contributed by atoms with van der Waals surface area (Å²) in [6.07, 6.45) is 3.27. The zero-order valence-electron chi connectivity index (χ0n) is 8.00. The fourth-order valence-corrected chi connectivity index (χ4v) is 1.59. The van der Waals surface area contributed by atoms with Crippen molar-refractivity contribution in [2.75, 3.05) is 7.11 Å². The van der Waals surface area contributed by atoms with E-state index in [9.17, 15) is 9.59 Å². The van der Waals surface area contributed by atoms with Gasteiger partial charge < -0.3 is 4.74 Å². The summed E-state index contributed by atoms with van der Waals surface area (Å²) >= 11 is 0. The predicted octanol–water partition coefficient (Wildman–Crippen LogP) is 1.47. The molecule has 0 aromatic carbocycles. The number of methoxy groups -OCH3 is 1. The first-order valence-corrected chi connectivity index (χ1v) is 4.41. The maximum absolute atomic E-state index is 11.1. The molecule has 1 atom stereocenters. The lowest BCUT2D eigenvalue weighted by atomic mass is 9.88. The van der Waals surface area contributed by atoms with Gasteiger partial charge in [0.15, 0.2) is 5.78 Å². The lowest BCUT2D eigenvalue weighted by Crippen LogP contribution is -2.13. The first-order valence-electron chi connectivity index (χ1n) is 4.41. The molecule has 3 nitrogen and oxygen atoms in total. The molecule has 0 aliphatic heterocycles. The molecular weight excluding hydrogens is 168 g/mol. The van der Waals surface area contributed by atoms with E-state index in [1.807, 2.05) is 6.92 Å². The van der Waals surface area contributed by atoms with Gasteiger partial charge in [0, 0.05) is 6.42 Å². The molecule has 1 rings (SSSR count). The van der Waals surface area contributed by atoms with Gasteiger partial charge in [-0.1, -0.05) is 12.5 Å². The Morgan fingerprint density at radius 3 is 2.85 bits per heavy atom. The highest BCUT2D eigenvalue weighted by molar-refractivity contribution is 5.92. The van der Waals surface area contributed by atoms with Crippen molar-refractivity contribution in [2.24, 2.45) is 5.92 Å². The Labute approximate surface area is 77.8 Å². The SMILES string of the molecule is COC(=O)CC1=CC(=O)CC(C)C1. The van der Waals surface area contributed by atoms with Gasteiger partial charge in [0.1, 0.15) is 0 Å². The lowest BCUT2D eigenvalue weighted by molar-refractivity contribution is -0.139. The Kier molecular flexibility index (Phi) is 3.23. The summed E-state index contributed by atoms with van der Waals surface area (Å²) in [7, 11) is 1.36. The molecule has 1 aliphatic rings. The van der Waals surface area contributed by atoms with Gasteiger partial charge in [0.05, 0.1) is 13.5 Å². The largest absolute Gasteiger partial charge is 0.469 e. The van der Waals surface area contributed by atoms with Gasteiger partial charge in [-0.15, -0.1) is 0 Å². The maximum atomic E-state index is 11.1. The van der Waals surface area contributed by atoms with Gasteiger partial charge in [0.25, 0.3) is 0 Å². The standard InChI is InChI=1S/C10H14O3/c1-7-3-8(5-9(11)4-7)6-10(12)13-2/h5,7H,3-4,6H2,1-2H3. The van der Waals surface area contributed by atoms with Crippen LogP contribution in [0.1, 0.15) is 26.2 Å². The third kappa shape index (κ3) is 3.01. The number of ketones is 1. The number of ether oxygens (including phenoxy) is 1. The predicted molar refractivity (Wildman–Crippen MR) is 48.1 cm³/mol. The van der Waals surface area contributed by atoms with Gasteiger partial charge in [0.2, 0.25) is 0 Å². The van der Waals surface area contributed by atoms with Crippen molar-refractivity contribution in [1.82, 2.24) is 0 Å². The van der Waals surface area contributed by atoms with E-state index in [1.165, 1.54) is 7.11 Å². The van der Waals surface area contributed by atoms with Gasteiger partial charge in [-0.3, -0.25) is 9.59 Å². The van der Waals surface area contributed by atoms with Crippen LogP contribution in [0.15, 0.2) is 11.6 Å². The summed E-state index contributed by atoms with van der Waals surface area (Å²) in [4.78, 5) is 22.0. The van der Waals surface area contributed by atoms with Crippen LogP contribution in [0.25, 0.3) is 0 Å². The van der Waals surface area contributed by atoms with E-state index in [2.05, 4.69) is 4.74 Å². The minimum atomic E-state index is -0.270. The van der Waals surface area contributed by atoms with Crippen molar-refractivity contribution >= 4 is 11.8 Å². The Morgan fingerprint density at radius 2 is 2.31 bits per heavy atom. The van der Waals surface area contributed by atoms with E-state index in [1.54, 1.807) is 6.08 Å². The van der Waals surface area contributed by atoms with Crippen LogP contribution >= 0.6 is 0 Å². The Balaban J connectivity index is 2.59. The molecule has 72 valence electrons. The fraction of sp³-hybridized carbons (Fsp3) is 0.600. The number of allylic oxidation sites excluding steroid dienone is 1. The second-order valence-electron chi connectivity index (χ2n) is 3.54. The Morgan fingerprint density at radius 1 is 1.62 bits per heavy atom. The first-order chi connectivity index (χ1) is 6.11. The van der Waals surface area contributed by atoms with Gasteiger partial charge in [-0.05, 0) is 18.4 Å². The van der Waals surface area contributed by atoms with Crippen molar-refractivity contribution < 1.29 is 14.3 Å². The maximum Gasteiger partial charge on any atom is 0.309 e. The molecule has 1 aliphatic carbocycles. The van der Waals surface area contributed by atoms with Gasteiger partial charge in [-0.2, -0.15) is 0 Å². The molecule has 0 aromatic heterocycles. The normalized spacial score (nSPS) is 22.5. The van der Waals surface area contributed by atoms with Crippen molar-refractivity contribution in [3.63, 3.8) is 0 Å². The minimum Gasteiger partial charge on any atom is -0.469 e. The summed E-state index contributed by atoms with van der Waals surface area (Å²) in [5, 5.41) is 0. The smallest absolute Gasteiger partial charge is 0.309 e. The molecule has 0 saturated heterocycles. The van der Waals surface area contributed by atoms with Crippen LogP contribution < -0.4 is 0 Å². The average molecular weight is 182 g/mol. The molecule has 1 unspecified atom stereocenters. The molecule has 0 spiro atoms. The fourth-order valence-electron chi connectivity index (χ4n) is 1.59. The molecule has 0 heterocycles. The summed E-state index contributed by atoms with van der Waals surface area (Å²) in [6.45, 7) is 2.02. The molecule has 0 amide bonds. The van der Waals surface area contributed by atoms with E-state index < -0.39 is 0 Å². The summed E-state index contributed by atoms with van der Waals surface area (Å²) in [5.74, 6) is 0.211. The van der Waals surface area contributed by atoms with Gasteiger partial charge in [-0.25, -0.2) is 0 Å². The first kappa shape index (κ1) is 9.96. The molecule has 0 N–H and O–H groups in total. The van der Waals surface area contributed by atoms with E-state index in [-0.39, 0.29) is 18.2 Å². The Bertz CT molecular complexity index is 253. The summed E-state index contributed by atoms with van der Waals surface area (Å²) in [5.41, 5.74) is 0.899. The van der Waals surface area contributed by atoms with Crippen molar-refractivity contribution in [3.05, 3.63) is 11.6 Å². The van der Waals surface area contributed by atoms with E-state index in [0.717, 1.165) is 12.0 Å². The number of carbonyl (C=O) groups excluding carboxylic acids is 2. The molecule has 3 heteroatoms. The molecule has 0 bridgehead atoms. The van der Waals surface area contributed by atoms with E-state index in [4.69, 9.17) is 0 Å². The number of rotatable bonds is 2. The van der Waals surface area contributed by atoms with Crippen LogP contribution in [0.5, 0.6) is 0 Å². The van der Waals surface area contributed by atoms with Crippen molar-refractivity contribution in [1.29, 1.82) is 0 Å². The highest BCUT2D eigenvalue weighted by Crippen LogP contribution is 2.23. The van der Waals surface area contributed by atoms with Crippen molar-refractivity contribution in [3.8, 4) is 0 Å². The third-order valence-electron chi connectivity index (χ3n) is 2.12. The molecule has 13 heavy (non-hydrogen) atoms. The lowest BCUT2D eigenvalue weighted by Gasteiger charge is -2.17. The summed E-state index contributed by atoms with van der Waals surface area (Å²) in [6, 6.07) is 0. The van der Waals surface area contributed by atoms with Crippen molar-refractivity contribution in [2.45, 2.75) is 26.2 Å². The molecule has 0 radical (unpaired) electrons. The second kappa shape index (κ2) is 4.21. The number of hydrogen-bond donors (Lipinski definition) is 0. The van der Waals surface area contributed by atoms with Crippen LogP contribution in [0.3, 0.4) is 0 Å². The molecule has 0 saturated carbocycles. The van der Waals surface area contributed by atoms with Crippen LogP contribution in [0.4, 0.5) is 0 Å². The van der Waals surface area contributed by atoms with E-state index >= 15 is 0 Å². The molecular formula is C10H14O3. The van der Waals surface area contributed by atoms with Crippen LogP contribution in [0.2, 0.25) is 0 Å². The zero-order valence-corrected chi connectivity index (χ0v) is 8.00. The number of carbonyl (C=O) groups is 2. The van der Waals surface area contributed by atoms with Gasteiger partial charge >= 0.3 is 5.97 Å². The molecule has 0 fully saturated rings.